The first-order valence-corrected chi connectivity index (χ1v) is 5.10. The van der Waals surface area contributed by atoms with Gasteiger partial charge in [-0.3, -0.25) is 14.4 Å². The van der Waals surface area contributed by atoms with E-state index in [0.29, 0.717) is 5.69 Å². The minimum absolute atomic E-state index is 0.186. The minimum Gasteiger partial charge on any atom is -0.325 e. The Morgan fingerprint density at radius 3 is 2.19 bits per heavy atom. The van der Waals surface area contributed by atoms with Crippen LogP contribution in [0.25, 0.3) is 0 Å². The molecule has 16 heavy (non-hydrogen) atoms. The van der Waals surface area contributed by atoms with E-state index in [9.17, 15) is 14.4 Å². The molecule has 0 spiro atoms. The molecule has 0 atom stereocenters. The second-order valence-electron chi connectivity index (χ2n) is 3.72. The lowest BCUT2D eigenvalue weighted by Crippen LogP contribution is -2.30. The van der Waals surface area contributed by atoms with Crippen LogP contribution in [0.1, 0.15) is 12.8 Å². The molecule has 0 aliphatic heterocycles. The molecule has 82 valence electrons. The second kappa shape index (κ2) is 4.26. The normalized spacial score (nSPS) is 16.5. The molecule has 1 amide bonds. The summed E-state index contributed by atoms with van der Waals surface area (Å²) in [5, 5.41) is 2.56. The van der Waals surface area contributed by atoms with E-state index in [1.165, 1.54) is 0 Å². The van der Waals surface area contributed by atoms with Crippen LogP contribution < -0.4 is 5.32 Å². The SMILES string of the molecule is O=C1CCC(=O)C1C(=O)Nc1ccccc1. The Morgan fingerprint density at radius 2 is 1.62 bits per heavy atom. The van der Waals surface area contributed by atoms with Crippen molar-refractivity contribution in [3.63, 3.8) is 0 Å². The van der Waals surface area contributed by atoms with Gasteiger partial charge in [0.15, 0.2) is 17.5 Å². The van der Waals surface area contributed by atoms with Crippen LogP contribution in [-0.4, -0.2) is 17.5 Å². The number of nitrogens with one attached hydrogen (secondary N) is 1. The van der Waals surface area contributed by atoms with Crippen LogP contribution in [0.3, 0.4) is 0 Å². The maximum absolute atomic E-state index is 11.7. The molecule has 0 saturated heterocycles. The third-order valence-corrected chi connectivity index (χ3v) is 2.57. The molecule has 4 nitrogen and oxygen atoms in total. The van der Waals surface area contributed by atoms with Crippen molar-refractivity contribution in [1.82, 2.24) is 0 Å². The first-order chi connectivity index (χ1) is 7.68. The minimum atomic E-state index is -1.10. The number of ketones is 2. The Bertz CT molecular complexity index is 423. The van der Waals surface area contributed by atoms with E-state index in [1.807, 2.05) is 6.07 Å². The highest BCUT2D eigenvalue weighted by atomic mass is 16.2. The lowest BCUT2D eigenvalue weighted by molar-refractivity contribution is -0.134. The van der Waals surface area contributed by atoms with Gasteiger partial charge in [-0.25, -0.2) is 0 Å². The van der Waals surface area contributed by atoms with Crippen LogP contribution in [0.4, 0.5) is 5.69 Å². The predicted molar refractivity (Wildman–Crippen MR) is 57.8 cm³/mol. The molecular formula is C12H11NO3. The lowest BCUT2D eigenvalue weighted by atomic mass is 10.1. The van der Waals surface area contributed by atoms with Gasteiger partial charge in [-0.05, 0) is 12.1 Å². The third-order valence-electron chi connectivity index (χ3n) is 2.57. The Hall–Kier alpha value is -1.97. The molecule has 2 rings (SSSR count). The zero-order chi connectivity index (χ0) is 11.5. The van der Waals surface area contributed by atoms with Crippen molar-refractivity contribution in [2.45, 2.75) is 12.8 Å². The highest BCUT2D eigenvalue weighted by Gasteiger charge is 2.38. The molecule has 1 aliphatic carbocycles. The third kappa shape index (κ3) is 2.00. The molecule has 0 heterocycles. The summed E-state index contributed by atoms with van der Waals surface area (Å²) in [5.41, 5.74) is 0.597. The Labute approximate surface area is 92.6 Å². The fourth-order valence-corrected chi connectivity index (χ4v) is 1.74. The van der Waals surface area contributed by atoms with E-state index in [1.54, 1.807) is 24.3 Å². The standard InChI is InChI=1S/C12H11NO3/c14-9-6-7-10(15)11(9)12(16)13-8-4-2-1-3-5-8/h1-5,11H,6-7H2,(H,13,16). The number of hydrogen-bond acceptors (Lipinski definition) is 3. The van der Waals surface area contributed by atoms with Gasteiger partial charge in [-0.1, -0.05) is 18.2 Å². The van der Waals surface area contributed by atoms with Crippen LogP contribution in [0.15, 0.2) is 30.3 Å². The van der Waals surface area contributed by atoms with E-state index in [4.69, 9.17) is 0 Å². The largest absolute Gasteiger partial charge is 0.325 e. The van der Waals surface area contributed by atoms with Gasteiger partial charge in [0.25, 0.3) is 0 Å². The van der Waals surface area contributed by atoms with Crippen LogP contribution in [0.5, 0.6) is 0 Å². The fraction of sp³-hybridized carbons (Fsp3) is 0.250. The summed E-state index contributed by atoms with van der Waals surface area (Å²) in [6.07, 6.45) is 0.372. The number of benzene rings is 1. The van der Waals surface area contributed by atoms with Gasteiger partial charge in [-0.15, -0.1) is 0 Å². The van der Waals surface area contributed by atoms with Gasteiger partial charge in [0.2, 0.25) is 5.91 Å². The smallest absolute Gasteiger partial charge is 0.242 e. The average Bonchev–Trinajstić information content (AvgIpc) is 2.60. The summed E-state index contributed by atoms with van der Waals surface area (Å²) in [6.45, 7) is 0. The molecule has 1 aromatic carbocycles. The number of carbonyl (C=O) groups excluding carboxylic acids is 3. The number of hydrogen-bond donors (Lipinski definition) is 1. The first-order valence-electron chi connectivity index (χ1n) is 5.10. The summed E-state index contributed by atoms with van der Waals surface area (Å²) >= 11 is 0. The van der Waals surface area contributed by atoms with Crippen molar-refractivity contribution in [3.05, 3.63) is 30.3 Å². The maximum atomic E-state index is 11.7. The van der Waals surface area contributed by atoms with Crippen LogP contribution in [0, 0.1) is 5.92 Å². The number of rotatable bonds is 2. The van der Waals surface area contributed by atoms with Crippen molar-refractivity contribution in [2.24, 2.45) is 5.92 Å². The van der Waals surface area contributed by atoms with Crippen LogP contribution in [-0.2, 0) is 14.4 Å². The van der Waals surface area contributed by atoms with Crippen molar-refractivity contribution in [1.29, 1.82) is 0 Å². The van der Waals surface area contributed by atoms with Crippen molar-refractivity contribution < 1.29 is 14.4 Å². The van der Waals surface area contributed by atoms with Crippen LogP contribution >= 0.6 is 0 Å². The predicted octanol–water partition coefficient (Wildman–Crippen LogP) is 1.17. The van der Waals surface area contributed by atoms with E-state index in [0.717, 1.165) is 0 Å². The maximum Gasteiger partial charge on any atom is 0.242 e. The summed E-state index contributed by atoms with van der Waals surface area (Å²) in [6, 6.07) is 8.78. The first kappa shape index (κ1) is 10.5. The molecule has 1 N–H and O–H groups in total. The van der Waals surface area contributed by atoms with E-state index in [2.05, 4.69) is 5.32 Å². The van der Waals surface area contributed by atoms with Crippen molar-refractivity contribution in [2.75, 3.05) is 5.32 Å². The lowest BCUT2D eigenvalue weighted by Gasteiger charge is -2.08. The van der Waals surface area contributed by atoms with Gasteiger partial charge in [-0.2, -0.15) is 0 Å². The number of amides is 1. The highest BCUT2D eigenvalue weighted by Crippen LogP contribution is 2.19. The van der Waals surface area contributed by atoms with Crippen molar-refractivity contribution >= 4 is 23.2 Å². The van der Waals surface area contributed by atoms with Gasteiger partial charge in [0, 0.05) is 18.5 Å². The quantitative estimate of drug-likeness (QED) is 0.756. The molecule has 4 heteroatoms. The molecule has 1 fully saturated rings. The molecule has 1 aliphatic rings. The topological polar surface area (TPSA) is 63.2 Å². The van der Waals surface area contributed by atoms with Gasteiger partial charge in [0.1, 0.15) is 0 Å². The summed E-state index contributed by atoms with van der Waals surface area (Å²) in [5.74, 6) is -2.17. The molecule has 1 aromatic rings. The fourth-order valence-electron chi connectivity index (χ4n) is 1.74. The van der Waals surface area contributed by atoms with E-state index in [-0.39, 0.29) is 24.4 Å². The molecule has 0 unspecified atom stereocenters. The molecule has 0 bridgehead atoms. The monoisotopic (exact) mass is 217 g/mol. The summed E-state index contributed by atoms with van der Waals surface area (Å²) in [4.78, 5) is 34.4. The molecule has 0 aromatic heterocycles. The number of carbonyl (C=O) groups is 3. The Morgan fingerprint density at radius 1 is 1.06 bits per heavy atom. The Balaban J connectivity index is 2.09. The molecular weight excluding hydrogens is 206 g/mol. The number of para-hydroxylation sites is 1. The van der Waals surface area contributed by atoms with Gasteiger partial charge in [0.05, 0.1) is 0 Å². The van der Waals surface area contributed by atoms with E-state index < -0.39 is 11.8 Å². The highest BCUT2D eigenvalue weighted by molar-refractivity contribution is 6.25. The second-order valence-corrected chi connectivity index (χ2v) is 3.72. The van der Waals surface area contributed by atoms with E-state index >= 15 is 0 Å². The number of Topliss-reactive ketones (excluding diaryl/α,β-unsaturated/α-hetero) is 2. The Kier molecular flexibility index (Phi) is 2.81. The van der Waals surface area contributed by atoms with Gasteiger partial charge < -0.3 is 5.32 Å². The average molecular weight is 217 g/mol. The summed E-state index contributed by atoms with van der Waals surface area (Å²) < 4.78 is 0. The summed E-state index contributed by atoms with van der Waals surface area (Å²) in [7, 11) is 0. The number of anilines is 1. The molecule has 1 saturated carbocycles. The molecule has 0 radical (unpaired) electrons. The zero-order valence-corrected chi connectivity index (χ0v) is 8.60. The zero-order valence-electron chi connectivity index (χ0n) is 8.60. The van der Waals surface area contributed by atoms with Gasteiger partial charge >= 0.3 is 0 Å². The van der Waals surface area contributed by atoms with Crippen LogP contribution in [0.2, 0.25) is 0 Å². The van der Waals surface area contributed by atoms with Crippen molar-refractivity contribution in [3.8, 4) is 0 Å².